The molecule has 16 heavy (non-hydrogen) atoms. The molecule has 4 heteroatoms. The van der Waals surface area contributed by atoms with Crippen LogP contribution in [0.15, 0.2) is 11.4 Å². The van der Waals surface area contributed by atoms with Crippen LogP contribution in [0.3, 0.4) is 0 Å². The van der Waals surface area contributed by atoms with Crippen molar-refractivity contribution in [3.05, 3.63) is 22.1 Å². The zero-order valence-electron chi connectivity index (χ0n) is 10.9. The van der Waals surface area contributed by atoms with Gasteiger partial charge in [-0.25, -0.2) is 4.39 Å². The molecule has 0 saturated heterocycles. The van der Waals surface area contributed by atoms with Gasteiger partial charge in [-0.1, -0.05) is 20.8 Å². The van der Waals surface area contributed by atoms with Gasteiger partial charge in [-0.05, 0) is 36.5 Å². The van der Waals surface area contributed by atoms with Crippen molar-refractivity contribution >= 4 is 19.7 Å². The van der Waals surface area contributed by atoms with Crippen LogP contribution in [-0.4, -0.2) is 8.32 Å². The Hall–Kier alpha value is -0.193. The maximum Gasteiger partial charge on any atom is 0.192 e. The molecule has 0 amide bonds. The first kappa shape index (κ1) is 13.9. The van der Waals surface area contributed by atoms with E-state index >= 15 is 0 Å². The van der Waals surface area contributed by atoms with Crippen molar-refractivity contribution in [1.29, 1.82) is 0 Å². The van der Waals surface area contributed by atoms with E-state index in [2.05, 4.69) is 33.9 Å². The van der Waals surface area contributed by atoms with E-state index in [4.69, 9.17) is 4.43 Å². The van der Waals surface area contributed by atoms with Gasteiger partial charge in [0.05, 0.1) is 11.0 Å². The Morgan fingerprint density at radius 3 is 2.31 bits per heavy atom. The lowest BCUT2D eigenvalue weighted by molar-refractivity contribution is 0.202. The molecule has 1 aromatic heterocycles. The highest BCUT2D eigenvalue weighted by Gasteiger charge is 2.39. The van der Waals surface area contributed by atoms with E-state index in [1.54, 1.807) is 5.38 Å². The largest absolute Gasteiger partial charge is 0.409 e. The predicted octanol–water partition coefficient (Wildman–Crippen LogP) is 4.97. The molecule has 0 radical (unpaired) electrons. The van der Waals surface area contributed by atoms with Gasteiger partial charge in [-0.2, -0.15) is 0 Å². The molecule has 1 aromatic rings. The smallest absolute Gasteiger partial charge is 0.192 e. The lowest BCUT2D eigenvalue weighted by Crippen LogP contribution is -2.41. The summed E-state index contributed by atoms with van der Waals surface area (Å²) in [6, 6.07) is 1.51. The molecule has 0 aliphatic carbocycles. The predicted molar refractivity (Wildman–Crippen MR) is 71.0 cm³/mol. The highest BCUT2D eigenvalue weighted by molar-refractivity contribution is 7.10. The van der Waals surface area contributed by atoms with Crippen LogP contribution < -0.4 is 0 Å². The Kier molecular flexibility index (Phi) is 3.98. The highest BCUT2D eigenvalue weighted by Crippen LogP contribution is 2.40. The first-order chi connectivity index (χ1) is 7.15. The molecule has 0 aliphatic heterocycles. The van der Waals surface area contributed by atoms with Crippen LogP contribution in [0.25, 0.3) is 0 Å². The monoisotopic (exact) mass is 260 g/mol. The molecular weight excluding hydrogens is 239 g/mol. The second kappa shape index (κ2) is 4.59. The first-order valence-corrected chi connectivity index (χ1v) is 9.34. The standard InChI is InChI=1S/C12H21FOSSi/c1-9(11-10(13)7-8-15-11)14-16(5,6)12(2,3)4/h7-9H,1-6H3. The second-order valence-electron chi connectivity index (χ2n) is 5.65. The first-order valence-electron chi connectivity index (χ1n) is 5.56. The number of thiophene rings is 1. The zero-order chi connectivity index (χ0) is 12.6. The van der Waals surface area contributed by atoms with Gasteiger partial charge in [0.15, 0.2) is 8.32 Å². The number of rotatable bonds is 3. The SMILES string of the molecule is CC(O[Si](C)(C)C(C)(C)C)c1sccc1F. The summed E-state index contributed by atoms with van der Waals surface area (Å²) < 4.78 is 19.6. The third kappa shape index (κ3) is 2.93. The average molecular weight is 260 g/mol. The molecule has 0 saturated carbocycles. The summed E-state index contributed by atoms with van der Waals surface area (Å²) in [6.45, 7) is 12.9. The van der Waals surface area contributed by atoms with Gasteiger partial charge in [0, 0.05) is 0 Å². The van der Waals surface area contributed by atoms with E-state index in [1.165, 1.54) is 17.4 Å². The van der Waals surface area contributed by atoms with Gasteiger partial charge in [-0.15, -0.1) is 11.3 Å². The van der Waals surface area contributed by atoms with Crippen LogP contribution in [0.5, 0.6) is 0 Å². The topological polar surface area (TPSA) is 9.23 Å². The van der Waals surface area contributed by atoms with Crippen molar-refractivity contribution in [2.45, 2.75) is 51.9 Å². The normalized spacial score (nSPS) is 15.2. The van der Waals surface area contributed by atoms with Gasteiger partial charge < -0.3 is 4.43 Å². The van der Waals surface area contributed by atoms with Gasteiger partial charge >= 0.3 is 0 Å². The molecule has 0 bridgehead atoms. The van der Waals surface area contributed by atoms with Crippen LogP contribution in [0, 0.1) is 5.82 Å². The summed E-state index contributed by atoms with van der Waals surface area (Å²) in [7, 11) is -1.81. The van der Waals surface area contributed by atoms with Crippen LogP contribution in [0.4, 0.5) is 4.39 Å². The van der Waals surface area contributed by atoms with Crippen molar-refractivity contribution in [3.63, 3.8) is 0 Å². The van der Waals surface area contributed by atoms with Crippen molar-refractivity contribution in [1.82, 2.24) is 0 Å². The van der Waals surface area contributed by atoms with Crippen molar-refractivity contribution in [3.8, 4) is 0 Å². The maximum absolute atomic E-state index is 13.4. The fraction of sp³-hybridized carbons (Fsp3) is 0.667. The molecule has 1 atom stereocenters. The molecule has 92 valence electrons. The van der Waals surface area contributed by atoms with E-state index in [0.29, 0.717) is 4.88 Å². The Labute approximate surface area is 103 Å². The van der Waals surface area contributed by atoms with Gasteiger partial charge in [0.2, 0.25) is 0 Å². The molecule has 1 rings (SSSR count). The van der Waals surface area contributed by atoms with Crippen molar-refractivity contribution in [2.75, 3.05) is 0 Å². The molecule has 1 nitrogen and oxygen atoms in total. The van der Waals surface area contributed by atoms with E-state index in [0.717, 1.165) is 0 Å². The van der Waals surface area contributed by atoms with E-state index < -0.39 is 8.32 Å². The molecule has 1 unspecified atom stereocenters. The van der Waals surface area contributed by atoms with Crippen LogP contribution in [0.1, 0.15) is 38.7 Å². The van der Waals surface area contributed by atoms with E-state index in [-0.39, 0.29) is 17.0 Å². The minimum atomic E-state index is -1.81. The molecule has 0 fully saturated rings. The summed E-state index contributed by atoms with van der Waals surface area (Å²) in [6.07, 6.45) is -0.138. The van der Waals surface area contributed by atoms with Gasteiger partial charge in [0.1, 0.15) is 5.82 Å². The van der Waals surface area contributed by atoms with Crippen LogP contribution in [0.2, 0.25) is 18.1 Å². The maximum atomic E-state index is 13.4. The van der Waals surface area contributed by atoms with Crippen LogP contribution >= 0.6 is 11.3 Å². The zero-order valence-corrected chi connectivity index (χ0v) is 12.7. The molecule has 0 aliphatic rings. The number of hydrogen-bond acceptors (Lipinski definition) is 2. The fourth-order valence-electron chi connectivity index (χ4n) is 1.27. The molecule has 0 spiro atoms. The minimum absolute atomic E-state index is 0.138. The molecule has 1 heterocycles. The van der Waals surface area contributed by atoms with Gasteiger partial charge in [0.25, 0.3) is 0 Å². The third-order valence-electron chi connectivity index (χ3n) is 3.29. The Morgan fingerprint density at radius 1 is 1.38 bits per heavy atom. The Morgan fingerprint density at radius 2 is 1.94 bits per heavy atom. The summed E-state index contributed by atoms with van der Waals surface area (Å²) in [5.74, 6) is -0.142. The van der Waals surface area contributed by atoms with E-state index in [9.17, 15) is 4.39 Å². The Balaban J connectivity index is 2.80. The van der Waals surface area contributed by atoms with Crippen molar-refractivity contribution in [2.24, 2.45) is 0 Å². The van der Waals surface area contributed by atoms with Gasteiger partial charge in [-0.3, -0.25) is 0 Å². The summed E-state index contributed by atoms with van der Waals surface area (Å²) in [5.41, 5.74) is 0. The third-order valence-corrected chi connectivity index (χ3v) is 8.90. The summed E-state index contributed by atoms with van der Waals surface area (Å²) in [4.78, 5) is 0.713. The highest BCUT2D eigenvalue weighted by atomic mass is 32.1. The number of hydrogen-bond donors (Lipinski definition) is 0. The fourth-order valence-corrected chi connectivity index (χ4v) is 3.46. The minimum Gasteiger partial charge on any atom is -0.409 e. The number of halogens is 1. The lowest BCUT2D eigenvalue weighted by Gasteiger charge is -2.38. The summed E-state index contributed by atoms with van der Waals surface area (Å²) >= 11 is 1.43. The average Bonchev–Trinajstić information content (AvgIpc) is 2.48. The second-order valence-corrected chi connectivity index (χ2v) is 11.4. The summed E-state index contributed by atoms with van der Waals surface area (Å²) in [5, 5.41) is 1.94. The Bertz CT molecular complexity index is 354. The van der Waals surface area contributed by atoms with Crippen molar-refractivity contribution < 1.29 is 8.82 Å². The lowest BCUT2D eigenvalue weighted by atomic mass is 10.2. The van der Waals surface area contributed by atoms with Crippen LogP contribution in [-0.2, 0) is 4.43 Å². The molecule has 0 aromatic carbocycles. The molecular formula is C12H21FOSSi. The molecule has 0 N–H and O–H groups in total. The van der Waals surface area contributed by atoms with E-state index in [1.807, 2.05) is 6.92 Å². The quantitative estimate of drug-likeness (QED) is 0.697.